The molecule has 15 nitrogen and oxygen atoms in total. The Morgan fingerprint density at radius 3 is 2.30 bits per heavy atom. The van der Waals surface area contributed by atoms with Crippen LogP contribution in [0.25, 0.3) is 0 Å². The molecule has 0 fully saturated rings. The lowest BCUT2D eigenvalue weighted by atomic mass is 9.97. The zero-order valence-corrected chi connectivity index (χ0v) is 25.0. The summed E-state index contributed by atoms with van der Waals surface area (Å²) in [6.07, 6.45) is 1.73. The molecule has 4 amide bonds. The van der Waals surface area contributed by atoms with Crippen molar-refractivity contribution in [2.24, 2.45) is 23.2 Å². The first kappa shape index (κ1) is 34.8. The molecular weight excluding hydrogens is 560 g/mol. The van der Waals surface area contributed by atoms with Crippen LogP contribution in [0.3, 0.4) is 0 Å². The van der Waals surface area contributed by atoms with Crippen LogP contribution in [0.2, 0.25) is 0 Å². The van der Waals surface area contributed by atoms with Gasteiger partial charge in [-0.15, -0.1) is 0 Å². The number of fused-ring (bicyclic) bond motifs is 18. The maximum atomic E-state index is 13.3. The first-order valence-electron chi connectivity index (χ1n) is 14.1. The second kappa shape index (κ2) is 16.3. The van der Waals surface area contributed by atoms with Crippen LogP contribution in [0.15, 0.2) is 36.2 Å². The van der Waals surface area contributed by atoms with Crippen molar-refractivity contribution in [3.05, 3.63) is 41.7 Å². The molecule has 0 aliphatic carbocycles. The van der Waals surface area contributed by atoms with Crippen molar-refractivity contribution in [1.82, 2.24) is 26.3 Å². The number of ether oxygens (including phenoxy) is 1. The number of hydrogen-bond acceptors (Lipinski definition) is 10. The molecule has 0 radical (unpaired) electrons. The van der Waals surface area contributed by atoms with Crippen LogP contribution in [-0.2, 0) is 30.4 Å². The SMILES string of the molecule is CC[C@H](C)[C@@H]1NC(=O)[C@H](C)NC(=O)[C@@H](NC(=O)[C@H](C)N)C/C(N)=C/N(N)CCOc2ccc(cc2)C[C@@H](C(=O)O)NC1=O. The summed E-state index contributed by atoms with van der Waals surface area (Å²) in [4.78, 5) is 63.9. The Labute approximate surface area is 250 Å². The predicted molar refractivity (Wildman–Crippen MR) is 158 cm³/mol. The van der Waals surface area contributed by atoms with Gasteiger partial charge in [0.15, 0.2) is 0 Å². The minimum atomic E-state index is -1.27. The van der Waals surface area contributed by atoms with Gasteiger partial charge in [-0.2, -0.15) is 0 Å². The van der Waals surface area contributed by atoms with E-state index in [1.807, 2.05) is 6.92 Å². The molecule has 0 saturated heterocycles. The van der Waals surface area contributed by atoms with E-state index in [0.717, 1.165) is 0 Å². The third kappa shape index (κ3) is 11.1. The molecule has 0 aromatic heterocycles. The number of hydrazine groups is 1. The van der Waals surface area contributed by atoms with Gasteiger partial charge in [0, 0.05) is 24.7 Å². The van der Waals surface area contributed by atoms with Crippen molar-refractivity contribution in [2.75, 3.05) is 13.2 Å². The maximum absolute atomic E-state index is 13.3. The third-order valence-corrected chi connectivity index (χ3v) is 6.96. The molecule has 43 heavy (non-hydrogen) atoms. The van der Waals surface area contributed by atoms with Crippen molar-refractivity contribution >= 4 is 29.6 Å². The average Bonchev–Trinajstić information content (AvgIpc) is 2.94. The first-order valence-corrected chi connectivity index (χ1v) is 14.1. The lowest BCUT2D eigenvalue weighted by Gasteiger charge is -2.27. The fraction of sp³-hybridized carbons (Fsp3) is 0.536. The highest BCUT2D eigenvalue weighted by Crippen LogP contribution is 2.15. The quantitative estimate of drug-likeness (QED) is 0.141. The highest BCUT2D eigenvalue weighted by Gasteiger charge is 2.32. The third-order valence-electron chi connectivity index (χ3n) is 6.96. The van der Waals surface area contributed by atoms with Gasteiger partial charge in [-0.25, -0.2) is 10.6 Å². The number of aliphatic carboxylic acids is 1. The van der Waals surface area contributed by atoms with E-state index in [0.29, 0.717) is 17.7 Å². The molecule has 1 aromatic rings. The van der Waals surface area contributed by atoms with E-state index in [2.05, 4.69) is 21.3 Å². The van der Waals surface area contributed by atoms with Gasteiger partial charge in [0.05, 0.1) is 12.6 Å². The topological polar surface area (TPSA) is 244 Å². The number of nitrogens with one attached hydrogen (secondary N) is 4. The monoisotopic (exact) mass is 604 g/mol. The van der Waals surface area contributed by atoms with Gasteiger partial charge in [0.2, 0.25) is 23.6 Å². The molecule has 0 saturated carbocycles. The summed E-state index contributed by atoms with van der Waals surface area (Å²) < 4.78 is 5.71. The van der Waals surface area contributed by atoms with Crippen LogP contribution in [0.4, 0.5) is 0 Å². The van der Waals surface area contributed by atoms with Gasteiger partial charge in [-0.1, -0.05) is 32.4 Å². The fourth-order valence-electron chi connectivity index (χ4n) is 4.13. The van der Waals surface area contributed by atoms with Crippen LogP contribution in [0.1, 0.15) is 46.1 Å². The zero-order valence-electron chi connectivity index (χ0n) is 25.0. The van der Waals surface area contributed by atoms with E-state index >= 15 is 0 Å². The molecule has 2 aliphatic heterocycles. The average molecular weight is 605 g/mol. The van der Waals surface area contributed by atoms with Crippen LogP contribution in [-0.4, -0.2) is 83.1 Å². The van der Waals surface area contributed by atoms with Crippen molar-refractivity contribution < 1.29 is 33.8 Å². The smallest absolute Gasteiger partial charge is 0.326 e. The molecule has 0 unspecified atom stereocenters. The van der Waals surface area contributed by atoms with Gasteiger partial charge in [-0.05, 0) is 37.5 Å². The summed E-state index contributed by atoms with van der Waals surface area (Å²) in [6, 6.07) is 1.10. The molecule has 15 heteroatoms. The lowest BCUT2D eigenvalue weighted by Crippen LogP contribution is -2.59. The highest BCUT2D eigenvalue weighted by molar-refractivity contribution is 5.95. The van der Waals surface area contributed by atoms with E-state index in [9.17, 15) is 29.1 Å². The maximum Gasteiger partial charge on any atom is 0.326 e. The van der Waals surface area contributed by atoms with Gasteiger partial charge in [0.25, 0.3) is 0 Å². The number of nitrogens with two attached hydrogens (primary N) is 3. The lowest BCUT2D eigenvalue weighted by molar-refractivity contribution is -0.142. The number of benzene rings is 1. The summed E-state index contributed by atoms with van der Waals surface area (Å²) >= 11 is 0. The van der Waals surface area contributed by atoms with Crippen molar-refractivity contribution in [3.63, 3.8) is 0 Å². The number of amides is 4. The van der Waals surface area contributed by atoms with Gasteiger partial charge in [-0.3, -0.25) is 19.2 Å². The number of carbonyl (C=O) groups excluding carboxylic acids is 4. The van der Waals surface area contributed by atoms with Gasteiger partial charge < -0.3 is 47.6 Å². The second-order valence-electron chi connectivity index (χ2n) is 10.7. The number of nitrogens with zero attached hydrogens (tertiary/aromatic N) is 1. The Kier molecular flexibility index (Phi) is 13.2. The first-order chi connectivity index (χ1) is 20.2. The summed E-state index contributed by atoms with van der Waals surface area (Å²) in [5.41, 5.74) is 12.6. The normalized spacial score (nSPS) is 25.7. The number of hydrogen-bond donors (Lipinski definition) is 8. The molecule has 2 aliphatic rings. The summed E-state index contributed by atoms with van der Waals surface area (Å²) in [7, 11) is 0. The molecule has 2 heterocycles. The van der Waals surface area contributed by atoms with Crippen LogP contribution >= 0.6 is 0 Å². The second-order valence-corrected chi connectivity index (χ2v) is 10.7. The molecule has 1 aromatic carbocycles. The zero-order chi connectivity index (χ0) is 32.3. The predicted octanol–water partition coefficient (Wildman–Crippen LogP) is -1.58. The minimum absolute atomic E-state index is 0.00976. The van der Waals surface area contributed by atoms with Crippen molar-refractivity contribution in [3.8, 4) is 5.75 Å². The van der Waals surface area contributed by atoms with Crippen molar-refractivity contribution in [2.45, 2.75) is 77.2 Å². The number of carboxylic acid groups (broad SMARTS) is 1. The number of carboxylic acids is 1. The van der Waals surface area contributed by atoms with Crippen LogP contribution in [0, 0.1) is 5.92 Å². The Morgan fingerprint density at radius 1 is 1.07 bits per heavy atom. The molecule has 3 rings (SSSR count). The Balaban J connectivity index is 2.41. The van der Waals surface area contributed by atoms with Gasteiger partial charge >= 0.3 is 5.97 Å². The fourth-order valence-corrected chi connectivity index (χ4v) is 4.13. The van der Waals surface area contributed by atoms with Crippen LogP contribution < -0.4 is 43.3 Å². The van der Waals surface area contributed by atoms with E-state index in [-0.39, 0.29) is 37.6 Å². The summed E-state index contributed by atoms with van der Waals surface area (Å²) in [5, 5.41) is 21.3. The summed E-state index contributed by atoms with van der Waals surface area (Å²) in [6.45, 7) is 6.80. The Bertz CT molecular complexity index is 1170. The molecule has 0 spiro atoms. The van der Waals surface area contributed by atoms with E-state index in [1.165, 1.54) is 25.1 Å². The Morgan fingerprint density at radius 2 is 1.72 bits per heavy atom. The number of rotatable bonds is 5. The summed E-state index contributed by atoms with van der Waals surface area (Å²) in [5.74, 6) is 2.21. The molecule has 2 bridgehead atoms. The van der Waals surface area contributed by atoms with E-state index in [4.69, 9.17) is 22.0 Å². The molecular formula is C28H44N8O7. The minimum Gasteiger partial charge on any atom is -0.492 e. The molecule has 238 valence electrons. The van der Waals surface area contributed by atoms with Crippen LogP contribution in [0.5, 0.6) is 5.75 Å². The van der Waals surface area contributed by atoms with E-state index in [1.54, 1.807) is 31.2 Å². The standard InChI is InChI=1S/C28H44N8O7/c1-5-15(2)23-27(40)34-22(28(41)42)12-18-6-8-20(9-7-18)43-11-10-36(31)14-19(30)13-21(33-24(37)16(3)29)26(39)32-17(4)25(38)35-23/h6-9,14-17,21-23H,5,10-13,29-31H2,1-4H3,(H,32,39)(H,33,37)(H,34,40)(H,35,38)(H,41,42)/b19-14-/t15-,16-,17-,21-,22-,23-/m0/s1. The number of carbonyl (C=O) groups is 5. The molecule has 6 atom stereocenters. The Hall–Kier alpha value is -4.37. The van der Waals surface area contributed by atoms with Gasteiger partial charge in [0.1, 0.15) is 36.5 Å². The van der Waals surface area contributed by atoms with E-state index < -0.39 is 59.8 Å². The largest absolute Gasteiger partial charge is 0.492 e. The van der Waals surface area contributed by atoms with Crippen molar-refractivity contribution in [1.29, 1.82) is 0 Å². The highest BCUT2D eigenvalue weighted by atomic mass is 16.5. The molecule has 11 N–H and O–H groups in total.